The Kier molecular flexibility index (Phi) is 5.61. The maximum Gasteiger partial charge on any atom is 0.410 e. The third-order valence-corrected chi connectivity index (χ3v) is 5.27. The van der Waals surface area contributed by atoms with Gasteiger partial charge in [-0.25, -0.2) is 9.78 Å². The summed E-state index contributed by atoms with van der Waals surface area (Å²) < 4.78 is 11.9. The van der Waals surface area contributed by atoms with Crippen LogP contribution in [0.15, 0.2) is 18.2 Å². The van der Waals surface area contributed by atoms with E-state index in [4.69, 9.17) is 9.47 Å². The lowest BCUT2D eigenvalue weighted by Crippen LogP contribution is -2.35. The molecule has 5 nitrogen and oxygen atoms in total. The molecule has 1 aliphatic carbocycles. The smallest absolute Gasteiger partial charge is 0.410 e. The molecule has 1 atom stereocenters. The predicted octanol–water partition coefficient (Wildman–Crippen LogP) is 4.96. The molecule has 0 radical (unpaired) electrons. The first-order valence-electron chi connectivity index (χ1n) is 9.17. The highest BCUT2D eigenvalue weighted by molar-refractivity contribution is 9.15. The highest BCUT2D eigenvalue weighted by Crippen LogP contribution is 2.44. The van der Waals surface area contributed by atoms with Gasteiger partial charge in [0.1, 0.15) is 5.60 Å². The quantitative estimate of drug-likeness (QED) is 0.687. The SMILES string of the molecule is COc1nc(/C(Br)=C/[C@H]2CCN(C(=O)OC(C)(C)C)C2)ccc1C1CC1. The fourth-order valence-corrected chi connectivity index (χ4v) is 3.76. The molecule has 1 amide bonds. The lowest BCUT2D eigenvalue weighted by Gasteiger charge is -2.24. The molecule has 0 N–H and O–H groups in total. The summed E-state index contributed by atoms with van der Waals surface area (Å²) in [6, 6.07) is 4.16. The van der Waals surface area contributed by atoms with E-state index in [9.17, 15) is 4.79 Å². The molecular formula is C20H27BrN2O3. The summed E-state index contributed by atoms with van der Waals surface area (Å²) in [5, 5.41) is 0. The number of hydrogen-bond donors (Lipinski definition) is 0. The Labute approximate surface area is 163 Å². The summed E-state index contributed by atoms with van der Waals surface area (Å²) in [7, 11) is 1.67. The van der Waals surface area contributed by atoms with Crippen molar-refractivity contribution in [3.8, 4) is 5.88 Å². The van der Waals surface area contributed by atoms with Crippen LogP contribution in [0.1, 0.15) is 57.2 Å². The molecule has 1 aromatic heterocycles. The molecule has 3 rings (SSSR count). The minimum Gasteiger partial charge on any atom is -0.481 e. The number of aromatic nitrogens is 1. The lowest BCUT2D eigenvalue weighted by atomic mass is 10.1. The van der Waals surface area contributed by atoms with E-state index >= 15 is 0 Å². The Morgan fingerprint density at radius 1 is 1.31 bits per heavy atom. The van der Waals surface area contributed by atoms with Crippen molar-refractivity contribution in [2.75, 3.05) is 20.2 Å². The van der Waals surface area contributed by atoms with Crippen molar-refractivity contribution in [2.45, 2.75) is 51.6 Å². The summed E-state index contributed by atoms with van der Waals surface area (Å²) >= 11 is 3.65. The van der Waals surface area contributed by atoms with Gasteiger partial charge < -0.3 is 14.4 Å². The summed E-state index contributed by atoms with van der Waals surface area (Å²) in [5.41, 5.74) is 1.60. The van der Waals surface area contributed by atoms with Crippen LogP contribution in [0.5, 0.6) is 5.88 Å². The average Bonchev–Trinajstić information content (AvgIpc) is 3.31. The van der Waals surface area contributed by atoms with E-state index in [1.165, 1.54) is 18.4 Å². The number of rotatable bonds is 4. The summed E-state index contributed by atoms with van der Waals surface area (Å²) in [6.07, 6.45) is 5.26. The Morgan fingerprint density at radius 2 is 2.04 bits per heavy atom. The Balaban J connectivity index is 1.66. The van der Waals surface area contributed by atoms with Crippen LogP contribution in [0.25, 0.3) is 4.48 Å². The minimum absolute atomic E-state index is 0.238. The van der Waals surface area contributed by atoms with Gasteiger partial charge in [-0.1, -0.05) is 12.1 Å². The summed E-state index contributed by atoms with van der Waals surface area (Å²) in [6.45, 7) is 7.05. The van der Waals surface area contributed by atoms with Crippen LogP contribution in [0.2, 0.25) is 0 Å². The van der Waals surface area contributed by atoms with E-state index in [1.807, 2.05) is 26.8 Å². The zero-order valence-corrected chi connectivity index (χ0v) is 17.5. The molecule has 142 valence electrons. The molecule has 0 aromatic carbocycles. The molecule has 0 unspecified atom stereocenters. The first-order valence-corrected chi connectivity index (χ1v) is 9.96. The Bertz CT molecular complexity index is 707. The maximum atomic E-state index is 12.2. The van der Waals surface area contributed by atoms with Gasteiger partial charge in [0.2, 0.25) is 5.88 Å². The molecule has 2 fully saturated rings. The van der Waals surface area contributed by atoms with Crippen molar-refractivity contribution < 1.29 is 14.3 Å². The van der Waals surface area contributed by atoms with Gasteiger partial charge in [-0.3, -0.25) is 0 Å². The van der Waals surface area contributed by atoms with Crippen LogP contribution in [-0.4, -0.2) is 41.8 Å². The Hall–Kier alpha value is -1.56. The first kappa shape index (κ1) is 19.2. The molecule has 0 spiro atoms. The van der Waals surface area contributed by atoms with E-state index < -0.39 is 5.60 Å². The standard InChI is InChI=1S/C20H27BrN2O3/c1-20(2,3)26-19(24)23-10-9-13(12-23)11-16(21)17-8-7-15(14-5-6-14)18(22-17)25-4/h7-8,11,13-14H,5-6,9-10,12H2,1-4H3/b16-11-/t13-/m1/s1. The minimum atomic E-state index is -0.463. The van der Waals surface area contributed by atoms with Crippen LogP contribution in [0.4, 0.5) is 4.79 Å². The molecule has 1 saturated carbocycles. The molecule has 1 saturated heterocycles. The van der Waals surface area contributed by atoms with Crippen LogP contribution in [0, 0.1) is 5.92 Å². The van der Waals surface area contributed by atoms with E-state index in [2.05, 4.69) is 33.1 Å². The topological polar surface area (TPSA) is 51.7 Å². The molecule has 2 aliphatic rings. The maximum absolute atomic E-state index is 12.2. The average molecular weight is 423 g/mol. The molecule has 1 aromatic rings. The summed E-state index contributed by atoms with van der Waals surface area (Å²) in [5.74, 6) is 1.61. The molecule has 1 aliphatic heterocycles. The van der Waals surface area contributed by atoms with E-state index in [-0.39, 0.29) is 12.0 Å². The van der Waals surface area contributed by atoms with E-state index in [0.717, 1.165) is 22.5 Å². The fourth-order valence-electron chi connectivity index (χ4n) is 3.16. The second-order valence-electron chi connectivity index (χ2n) is 8.06. The number of methoxy groups -OCH3 is 1. The largest absolute Gasteiger partial charge is 0.481 e. The summed E-state index contributed by atoms with van der Waals surface area (Å²) in [4.78, 5) is 18.6. The third-order valence-electron chi connectivity index (χ3n) is 4.60. The molecule has 26 heavy (non-hydrogen) atoms. The molecule has 6 heteroatoms. The monoisotopic (exact) mass is 422 g/mol. The molecular weight excluding hydrogens is 396 g/mol. The highest BCUT2D eigenvalue weighted by Gasteiger charge is 2.30. The fraction of sp³-hybridized carbons (Fsp3) is 0.600. The van der Waals surface area contributed by atoms with Gasteiger partial charge in [-0.15, -0.1) is 0 Å². The lowest BCUT2D eigenvalue weighted by molar-refractivity contribution is 0.0291. The zero-order chi connectivity index (χ0) is 18.9. The van der Waals surface area contributed by atoms with Gasteiger partial charge in [-0.05, 0) is 73.9 Å². The van der Waals surface area contributed by atoms with Gasteiger partial charge in [0.25, 0.3) is 0 Å². The predicted molar refractivity (Wildman–Crippen MR) is 106 cm³/mol. The van der Waals surface area contributed by atoms with Crippen molar-refractivity contribution >= 4 is 26.5 Å². The number of ether oxygens (including phenoxy) is 2. The van der Waals surface area contributed by atoms with E-state index in [1.54, 1.807) is 12.0 Å². The number of likely N-dealkylation sites (tertiary alicyclic amines) is 1. The van der Waals surface area contributed by atoms with Crippen molar-refractivity contribution in [1.29, 1.82) is 0 Å². The number of halogens is 1. The molecule has 0 bridgehead atoms. The van der Waals surface area contributed by atoms with Gasteiger partial charge >= 0.3 is 6.09 Å². The van der Waals surface area contributed by atoms with Crippen molar-refractivity contribution in [2.24, 2.45) is 5.92 Å². The third kappa shape index (κ3) is 4.78. The second-order valence-corrected chi connectivity index (χ2v) is 8.91. The van der Waals surface area contributed by atoms with Gasteiger partial charge in [0.15, 0.2) is 0 Å². The van der Waals surface area contributed by atoms with Crippen LogP contribution < -0.4 is 4.74 Å². The van der Waals surface area contributed by atoms with Gasteiger partial charge in [0, 0.05) is 23.1 Å². The zero-order valence-electron chi connectivity index (χ0n) is 15.9. The normalized spacial score (nSPS) is 21.0. The van der Waals surface area contributed by atoms with Gasteiger partial charge in [-0.2, -0.15) is 0 Å². The number of carbonyl (C=O) groups excluding carboxylic acids is 1. The number of hydrogen-bond acceptors (Lipinski definition) is 4. The van der Waals surface area contributed by atoms with Crippen LogP contribution >= 0.6 is 15.9 Å². The van der Waals surface area contributed by atoms with Crippen molar-refractivity contribution in [1.82, 2.24) is 9.88 Å². The number of amides is 1. The Morgan fingerprint density at radius 3 is 2.65 bits per heavy atom. The molecule has 2 heterocycles. The van der Waals surface area contributed by atoms with Gasteiger partial charge in [0.05, 0.1) is 12.8 Å². The number of carbonyl (C=O) groups is 1. The highest BCUT2D eigenvalue weighted by atomic mass is 79.9. The van der Waals surface area contributed by atoms with Crippen molar-refractivity contribution in [3.63, 3.8) is 0 Å². The second kappa shape index (κ2) is 7.59. The first-order chi connectivity index (χ1) is 12.3. The van der Waals surface area contributed by atoms with E-state index in [0.29, 0.717) is 19.0 Å². The van der Waals surface area contributed by atoms with Crippen molar-refractivity contribution in [3.05, 3.63) is 29.5 Å². The number of pyridine rings is 1. The van der Waals surface area contributed by atoms with Crippen LogP contribution in [-0.2, 0) is 4.74 Å². The van der Waals surface area contributed by atoms with Crippen LogP contribution in [0.3, 0.4) is 0 Å². The number of nitrogens with zero attached hydrogens (tertiary/aromatic N) is 2.